The molecule has 0 saturated carbocycles. The summed E-state index contributed by atoms with van der Waals surface area (Å²) in [6.45, 7) is 1.37. The van der Waals surface area contributed by atoms with Gasteiger partial charge in [0.15, 0.2) is 0 Å². The fourth-order valence-corrected chi connectivity index (χ4v) is 2.82. The van der Waals surface area contributed by atoms with Gasteiger partial charge in [-0.3, -0.25) is 4.79 Å². The largest absolute Gasteiger partial charge is 0.382 e. The maximum absolute atomic E-state index is 12.8. The van der Waals surface area contributed by atoms with Gasteiger partial charge in [-0.05, 0) is 42.0 Å². The number of hydrogen-bond donors (Lipinski definition) is 1. The fourth-order valence-electron chi connectivity index (χ4n) is 1.76. The van der Waals surface area contributed by atoms with Gasteiger partial charge in [0.25, 0.3) is 0 Å². The van der Waals surface area contributed by atoms with E-state index in [9.17, 15) is 17.6 Å². The Bertz CT molecular complexity index is 755. The van der Waals surface area contributed by atoms with Crippen LogP contribution >= 0.6 is 0 Å². The zero-order valence-electron chi connectivity index (χ0n) is 11.7. The second kappa shape index (κ2) is 6.57. The van der Waals surface area contributed by atoms with Crippen LogP contribution in [0.15, 0.2) is 48.5 Å². The van der Waals surface area contributed by atoms with E-state index in [2.05, 4.69) is 5.32 Å². The second-order valence-electron chi connectivity index (χ2n) is 4.62. The van der Waals surface area contributed by atoms with E-state index in [0.717, 1.165) is 0 Å². The van der Waals surface area contributed by atoms with Crippen molar-refractivity contribution in [3.05, 3.63) is 59.9 Å². The lowest BCUT2D eigenvalue weighted by molar-refractivity contribution is -0.114. The number of anilines is 1. The number of rotatable bonds is 5. The smallest absolute Gasteiger partial charge is 0.313 e. The van der Waals surface area contributed by atoms with E-state index in [1.165, 1.54) is 55.5 Å². The molecule has 0 atom stereocenters. The summed E-state index contributed by atoms with van der Waals surface area (Å²) in [7, 11) is -3.85. The third-order valence-electron chi connectivity index (χ3n) is 2.65. The van der Waals surface area contributed by atoms with E-state index in [0.29, 0.717) is 11.3 Å². The van der Waals surface area contributed by atoms with Gasteiger partial charge in [-0.25, -0.2) is 4.39 Å². The highest BCUT2D eigenvalue weighted by atomic mass is 32.2. The Morgan fingerprint density at radius 2 is 1.68 bits per heavy atom. The van der Waals surface area contributed by atoms with Gasteiger partial charge in [-0.1, -0.05) is 12.1 Å². The summed E-state index contributed by atoms with van der Waals surface area (Å²) >= 11 is 0. The molecule has 0 radical (unpaired) electrons. The summed E-state index contributed by atoms with van der Waals surface area (Å²) in [5.41, 5.74) is 0.965. The van der Waals surface area contributed by atoms with Crippen molar-refractivity contribution < 1.29 is 21.8 Å². The van der Waals surface area contributed by atoms with Crippen LogP contribution in [0.2, 0.25) is 0 Å². The van der Waals surface area contributed by atoms with Crippen molar-refractivity contribution in [3.63, 3.8) is 0 Å². The summed E-state index contributed by atoms with van der Waals surface area (Å²) in [4.78, 5) is 10.9. The van der Waals surface area contributed by atoms with Crippen LogP contribution in [0.5, 0.6) is 5.75 Å². The van der Waals surface area contributed by atoms with Crippen LogP contribution in [0.1, 0.15) is 12.5 Å². The van der Waals surface area contributed by atoms with Crippen molar-refractivity contribution in [2.45, 2.75) is 12.7 Å². The van der Waals surface area contributed by atoms with E-state index in [4.69, 9.17) is 4.18 Å². The standard InChI is InChI=1S/C15H14FNO4S/c1-11(18)17-14-6-8-15(9-7-14)21-22(19,20)10-12-2-4-13(16)5-3-12/h2-9H,10H2,1H3,(H,17,18). The molecule has 0 fully saturated rings. The Hall–Kier alpha value is -2.41. The van der Waals surface area contributed by atoms with Crippen LogP contribution < -0.4 is 9.50 Å². The van der Waals surface area contributed by atoms with Crippen molar-refractivity contribution in [3.8, 4) is 5.75 Å². The number of carbonyl (C=O) groups excluding carboxylic acids is 1. The minimum atomic E-state index is -3.85. The third-order valence-corrected chi connectivity index (χ3v) is 3.79. The lowest BCUT2D eigenvalue weighted by Gasteiger charge is -2.08. The number of halogens is 1. The molecule has 1 amide bonds. The maximum atomic E-state index is 12.8. The summed E-state index contributed by atoms with van der Waals surface area (Å²) in [6.07, 6.45) is 0. The SMILES string of the molecule is CC(=O)Nc1ccc(OS(=O)(=O)Cc2ccc(F)cc2)cc1. The average Bonchev–Trinajstić information content (AvgIpc) is 2.42. The summed E-state index contributed by atoms with van der Waals surface area (Å²) in [5, 5.41) is 2.56. The third kappa shape index (κ3) is 4.85. The molecule has 0 bridgehead atoms. The quantitative estimate of drug-likeness (QED) is 0.859. The monoisotopic (exact) mass is 323 g/mol. The second-order valence-corrected chi connectivity index (χ2v) is 6.19. The van der Waals surface area contributed by atoms with Gasteiger partial charge in [-0.15, -0.1) is 0 Å². The molecule has 7 heteroatoms. The van der Waals surface area contributed by atoms with Crippen molar-refractivity contribution in [1.82, 2.24) is 0 Å². The lowest BCUT2D eigenvalue weighted by Crippen LogP contribution is -2.12. The van der Waals surface area contributed by atoms with Gasteiger partial charge >= 0.3 is 10.1 Å². The molecular formula is C15H14FNO4S. The first kappa shape index (κ1) is 16.0. The molecule has 0 aromatic heterocycles. The molecule has 0 saturated heterocycles. The Labute approximate surface area is 127 Å². The summed E-state index contributed by atoms with van der Waals surface area (Å²) in [6, 6.07) is 11.1. The molecule has 0 aliphatic rings. The van der Waals surface area contributed by atoms with Crippen LogP contribution in [0.4, 0.5) is 10.1 Å². The summed E-state index contributed by atoms with van der Waals surface area (Å²) < 4.78 is 41.6. The first-order valence-electron chi connectivity index (χ1n) is 6.38. The van der Waals surface area contributed by atoms with Gasteiger partial charge in [0.05, 0.1) is 0 Å². The minimum Gasteiger partial charge on any atom is -0.382 e. The molecule has 5 nitrogen and oxygen atoms in total. The first-order chi connectivity index (χ1) is 10.3. The van der Waals surface area contributed by atoms with E-state index in [1.54, 1.807) is 0 Å². The van der Waals surface area contributed by atoms with Crippen LogP contribution in [0.3, 0.4) is 0 Å². The van der Waals surface area contributed by atoms with E-state index in [-0.39, 0.29) is 17.4 Å². The Morgan fingerprint density at radius 1 is 1.09 bits per heavy atom. The highest BCUT2D eigenvalue weighted by Gasteiger charge is 2.14. The van der Waals surface area contributed by atoms with Crippen LogP contribution in [-0.4, -0.2) is 14.3 Å². The van der Waals surface area contributed by atoms with Gasteiger partial charge < -0.3 is 9.50 Å². The number of benzene rings is 2. The van der Waals surface area contributed by atoms with Crippen molar-refractivity contribution in [2.24, 2.45) is 0 Å². The number of hydrogen-bond acceptors (Lipinski definition) is 4. The predicted octanol–water partition coefficient (Wildman–Crippen LogP) is 2.69. The van der Waals surface area contributed by atoms with Gasteiger partial charge in [0, 0.05) is 12.6 Å². The average molecular weight is 323 g/mol. The lowest BCUT2D eigenvalue weighted by atomic mass is 10.2. The fraction of sp³-hybridized carbons (Fsp3) is 0.133. The predicted molar refractivity (Wildman–Crippen MR) is 80.4 cm³/mol. The van der Waals surface area contributed by atoms with Crippen molar-refractivity contribution in [2.75, 3.05) is 5.32 Å². The van der Waals surface area contributed by atoms with Gasteiger partial charge in [-0.2, -0.15) is 8.42 Å². The van der Waals surface area contributed by atoms with E-state index >= 15 is 0 Å². The first-order valence-corrected chi connectivity index (χ1v) is 7.96. The minimum absolute atomic E-state index is 0.135. The molecule has 116 valence electrons. The number of nitrogens with one attached hydrogen (secondary N) is 1. The molecule has 2 aromatic rings. The van der Waals surface area contributed by atoms with E-state index < -0.39 is 15.9 Å². The van der Waals surface area contributed by atoms with E-state index in [1.807, 2.05) is 0 Å². The topological polar surface area (TPSA) is 72.5 Å². The Morgan fingerprint density at radius 3 is 2.23 bits per heavy atom. The molecule has 0 aliphatic heterocycles. The zero-order chi connectivity index (χ0) is 16.2. The van der Waals surface area contributed by atoms with Gasteiger partial charge in [0.2, 0.25) is 5.91 Å². The van der Waals surface area contributed by atoms with Crippen LogP contribution in [0, 0.1) is 5.82 Å². The Balaban J connectivity index is 2.05. The van der Waals surface area contributed by atoms with Crippen molar-refractivity contribution >= 4 is 21.7 Å². The summed E-state index contributed by atoms with van der Waals surface area (Å²) in [5.74, 6) is -0.884. The van der Waals surface area contributed by atoms with Gasteiger partial charge in [0.1, 0.15) is 17.3 Å². The molecule has 22 heavy (non-hydrogen) atoms. The molecule has 0 heterocycles. The molecule has 0 aliphatic carbocycles. The number of carbonyl (C=O) groups is 1. The maximum Gasteiger partial charge on any atom is 0.313 e. The molecule has 0 spiro atoms. The molecule has 2 rings (SSSR count). The molecular weight excluding hydrogens is 309 g/mol. The molecule has 1 N–H and O–H groups in total. The van der Waals surface area contributed by atoms with Crippen LogP contribution in [-0.2, 0) is 20.7 Å². The number of amides is 1. The van der Waals surface area contributed by atoms with Crippen LogP contribution in [0.25, 0.3) is 0 Å². The zero-order valence-corrected chi connectivity index (χ0v) is 12.6. The Kier molecular flexibility index (Phi) is 4.77. The molecule has 0 unspecified atom stereocenters. The highest BCUT2D eigenvalue weighted by Crippen LogP contribution is 2.19. The van der Waals surface area contributed by atoms with Crippen molar-refractivity contribution in [1.29, 1.82) is 0 Å². The normalized spacial score (nSPS) is 11.0. The molecule has 2 aromatic carbocycles. The highest BCUT2D eigenvalue weighted by molar-refractivity contribution is 7.86.